The van der Waals surface area contributed by atoms with Gasteiger partial charge in [-0.25, -0.2) is 4.98 Å². The highest BCUT2D eigenvalue weighted by Gasteiger charge is 2.16. The van der Waals surface area contributed by atoms with Crippen LogP contribution < -0.4 is 5.73 Å². The van der Waals surface area contributed by atoms with Crippen molar-refractivity contribution in [3.05, 3.63) is 45.3 Å². The van der Waals surface area contributed by atoms with E-state index in [-0.39, 0.29) is 0 Å². The maximum absolute atomic E-state index is 6.14. The standard InChI is InChI=1S/C13H10Cl2N4OS/c1-6-11(21-13(16)17-6)12-18-10(19-20-12)4-7-2-3-8(14)5-9(7)15/h2-3,5H,4H2,1H3,(H2,16,17). The first-order valence-corrected chi connectivity index (χ1v) is 7.60. The van der Waals surface area contributed by atoms with Gasteiger partial charge in [0.1, 0.15) is 4.88 Å². The molecule has 2 N–H and O–H groups in total. The van der Waals surface area contributed by atoms with Gasteiger partial charge in [0, 0.05) is 16.5 Å². The molecule has 0 aliphatic heterocycles. The lowest BCUT2D eigenvalue weighted by molar-refractivity contribution is 0.424. The van der Waals surface area contributed by atoms with Crippen LogP contribution in [0.25, 0.3) is 10.8 Å². The van der Waals surface area contributed by atoms with E-state index in [1.54, 1.807) is 12.1 Å². The molecule has 5 nitrogen and oxygen atoms in total. The zero-order chi connectivity index (χ0) is 15.0. The van der Waals surface area contributed by atoms with E-state index in [9.17, 15) is 0 Å². The van der Waals surface area contributed by atoms with Crippen molar-refractivity contribution in [1.29, 1.82) is 0 Å². The Hall–Kier alpha value is -1.63. The fourth-order valence-electron chi connectivity index (χ4n) is 1.87. The highest BCUT2D eigenvalue weighted by molar-refractivity contribution is 7.18. The molecule has 0 bridgehead atoms. The van der Waals surface area contributed by atoms with Crippen molar-refractivity contribution in [3.8, 4) is 10.8 Å². The van der Waals surface area contributed by atoms with Crippen molar-refractivity contribution in [2.45, 2.75) is 13.3 Å². The second kappa shape index (κ2) is 5.63. The number of thiazole rings is 1. The quantitative estimate of drug-likeness (QED) is 0.780. The van der Waals surface area contributed by atoms with Crippen molar-refractivity contribution in [2.24, 2.45) is 0 Å². The van der Waals surface area contributed by atoms with Crippen LogP contribution in [0.4, 0.5) is 5.13 Å². The van der Waals surface area contributed by atoms with Crippen LogP contribution in [0.1, 0.15) is 17.1 Å². The van der Waals surface area contributed by atoms with Gasteiger partial charge in [-0.3, -0.25) is 0 Å². The van der Waals surface area contributed by atoms with Gasteiger partial charge in [-0.2, -0.15) is 4.98 Å². The van der Waals surface area contributed by atoms with Crippen LogP contribution in [0.2, 0.25) is 10.0 Å². The van der Waals surface area contributed by atoms with Gasteiger partial charge >= 0.3 is 0 Å². The smallest absolute Gasteiger partial charge is 0.270 e. The molecule has 3 aromatic rings. The second-order valence-corrected chi connectivity index (χ2v) is 6.27. The molecule has 0 aliphatic carbocycles. The lowest BCUT2D eigenvalue weighted by atomic mass is 10.1. The Labute approximate surface area is 134 Å². The van der Waals surface area contributed by atoms with Gasteiger partial charge in [-0.15, -0.1) is 0 Å². The van der Waals surface area contributed by atoms with Gasteiger partial charge in [0.2, 0.25) is 0 Å². The Kier molecular flexibility index (Phi) is 3.84. The molecule has 0 aliphatic rings. The van der Waals surface area contributed by atoms with E-state index >= 15 is 0 Å². The summed E-state index contributed by atoms with van der Waals surface area (Å²) >= 11 is 13.3. The third kappa shape index (κ3) is 3.02. The summed E-state index contributed by atoms with van der Waals surface area (Å²) in [5.74, 6) is 0.961. The number of aryl methyl sites for hydroxylation is 1. The SMILES string of the molecule is Cc1nc(N)sc1-c1nc(Cc2ccc(Cl)cc2Cl)no1. The first kappa shape index (κ1) is 14.3. The molecule has 0 radical (unpaired) electrons. The molecule has 2 heterocycles. The largest absolute Gasteiger partial charge is 0.375 e. The molecule has 3 rings (SSSR count). The Balaban J connectivity index is 1.87. The number of aromatic nitrogens is 3. The molecule has 0 saturated carbocycles. The first-order valence-electron chi connectivity index (χ1n) is 6.02. The van der Waals surface area contributed by atoms with Gasteiger partial charge in [-0.1, -0.05) is 45.8 Å². The average molecular weight is 341 g/mol. The number of nitrogen functional groups attached to an aromatic ring is 1. The molecule has 0 fully saturated rings. The number of hydrogen-bond acceptors (Lipinski definition) is 6. The minimum Gasteiger partial charge on any atom is -0.375 e. The number of hydrogen-bond donors (Lipinski definition) is 1. The maximum Gasteiger partial charge on any atom is 0.270 e. The molecular weight excluding hydrogens is 331 g/mol. The first-order chi connectivity index (χ1) is 10.0. The van der Waals surface area contributed by atoms with Crippen LogP contribution in [-0.2, 0) is 6.42 Å². The Morgan fingerprint density at radius 2 is 2.10 bits per heavy atom. The predicted molar refractivity (Wildman–Crippen MR) is 83.8 cm³/mol. The Morgan fingerprint density at radius 1 is 1.29 bits per heavy atom. The van der Waals surface area contributed by atoms with E-state index in [0.29, 0.717) is 33.3 Å². The average Bonchev–Trinajstić information content (AvgIpc) is 2.99. The molecule has 1 aromatic carbocycles. The molecule has 0 amide bonds. The van der Waals surface area contributed by atoms with E-state index < -0.39 is 0 Å². The molecule has 108 valence electrons. The van der Waals surface area contributed by atoms with E-state index in [1.165, 1.54) is 11.3 Å². The molecule has 21 heavy (non-hydrogen) atoms. The Bertz CT molecular complexity index is 799. The van der Waals surface area contributed by atoms with Crippen molar-refractivity contribution in [3.63, 3.8) is 0 Å². The minimum absolute atomic E-state index is 0.418. The van der Waals surface area contributed by atoms with Gasteiger partial charge in [0.15, 0.2) is 11.0 Å². The van der Waals surface area contributed by atoms with E-state index in [0.717, 1.165) is 16.1 Å². The monoisotopic (exact) mass is 340 g/mol. The van der Waals surface area contributed by atoms with Gasteiger partial charge in [-0.05, 0) is 24.6 Å². The van der Waals surface area contributed by atoms with Crippen LogP contribution >= 0.6 is 34.5 Å². The van der Waals surface area contributed by atoms with Gasteiger partial charge < -0.3 is 10.3 Å². The van der Waals surface area contributed by atoms with Crippen LogP contribution in [-0.4, -0.2) is 15.1 Å². The highest BCUT2D eigenvalue weighted by Crippen LogP contribution is 2.30. The van der Waals surface area contributed by atoms with Crippen molar-refractivity contribution < 1.29 is 4.52 Å². The summed E-state index contributed by atoms with van der Waals surface area (Å²) in [5.41, 5.74) is 7.33. The summed E-state index contributed by atoms with van der Waals surface area (Å²) in [7, 11) is 0. The van der Waals surface area contributed by atoms with Crippen LogP contribution in [0.15, 0.2) is 22.7 Å². The molecule has 2 aromatic heterocycles. The summed E-state index contributed by atoms with van der Waals surface area (Å²) in [6.07, 6.45) is 0.465. The van der Waals surface area contributed by atoms with Crippen molar-refractivity contribution in [1.82, 2.24) is 15.1 Å². The lowest BCUT2D eigenvalue weighted by Gasteiger charge is -2.00. The molecule has 0 saturated heterocycles. The number of rotatable bonds is 3. The zero-order valence-corrected chi connectivity index (χ0v) is 13.3. The highest BCUT2D eigenvalue weighted by atomic mass is 35.5. The van der Waals surface area contributed by atoms with Gasteiger partial charge in [0.05, 0.1) is 5.69 Å². The minimum atomic E-state index is 0.418. The predicted octanol–water partition coefficient (Wildman–Crippen LogP) is 3.98. The number of benzene rings is 1. The third-order valence-electron chi connectivity index (χ3n) is 2.84. The second-order valence-electron chi connectivity index (χ2n) is 4.39. The van der Waals surface area contributed by atoms with Crippen molar-refractivity contribution in [2.75, 3.05) is 5.73 Å². The third-order valence-corrected chi connectivity index (χ3v) is 4.40. The lowest BCUT2D eigenvalue weighted by Crippen LogP contribution is -1.92. The van der Waals surface area contributed by atoms with E-state index in [1.807, 2.05) is 13.0 Å². The normalized spacial score (nSPS) is 11.0. The number of nitrogens with zero attached hydrogens (tertiary/aromatic N) is 3. The van der Waals surface area contributed by atoms with E-state index in [2.05, 4.69) is 15.1 Å². The summed E-state index contributed by atoms with van der Waals surface area (Å²) < 4.78 is 5.27. The summed E-state index contributed by atoms with van der Waals surface area (Å²) in [5, 5.41) is 5.60. The zero-order valence-electron chi connectivity index (χ0n) is 10.9. The van der Waals surface area contributed by atoms with Gasteiger partial charge in [0.25, 0.3) is 5.89 Å². The molecule has 0 unspecified atom stereocenters. The van der Waals surface area contributed by atoms with Crippen LogP contribution in [0, 0.1) is 6.92 Å². The number of halogens is 2. The summed E-state index contributed by atoms with van der Waals surface area (Å²) in [6.45, 7) is 1.85. The fraction of sp³-hybridized carbons (Fsp3) is 0.154. The summed E-state index contributed by atoms with van der Waals surface area (Å²) in [6, 6.07) is 5.31. The van der Waals surface area contributed by atoms with Crippen LogP contribution in [0.5, 0.6) is 0 Å². The topological polar surface area (TPSA) is 77.8 Å². The summed E-state index contributed by atoms with van der Waals surface area (Å²) in [4.78, 5) is 9.28. The van der Waals surface area contributed by atoms with Crippen molar-refractivity contribution >= 4 is 39.7 Å². The fourth-order valence-corrected chi connectivity index (χ4v) is 3.10. The molecule has 8 heteroatoms. The molecular formula is C13H10Cl2N4OS. The number of nitrogens with two attached hydrogens (primary N) is 1. The van der Waals surface area contributed by atoms with Crippen LogP contribution in [0.3, 0.4) is 0 Å². The Morgan fingerprint density at radius 3 is 2.76 bits per heavy atom. The number of anilines is 1. The molecule has 0 atom stereocenters. The maximum atomic E-state index is 6.14. The molecule has 0 spiro atoms. The van der Waals surface area contributed by atoms with E-state index in [4.69, 9.17) is 33.5 Å².